The van der Waals surface area contributed by atoms with Gasteiger partial charge in [-0.05, 0) is 37.8 Å². The fourth-order valence-electron chi connectivity index (χ4n) is 2.89. The minimum absolute atomic E-state index is 0.0211. The summed E-state index contributed by atoms with van der Waals surface area (Å²) in [7, 11) is 0. The molecule has 5 heteroatoms. The highest BCUT2D eigenvalue weighted by atomic mass is 32.2. The maximum Gasteiger partial charge on any atom is 0.253 e. The molecule has 2 fully saturated rings. The Labute approximate surface area is 141 Å². The molecule has 0 radical (unpaired) electrons. The summed E-state index contributed by atoms with van der Waals surface area (Å²) < 4.78 is 0. The Hall–Kier alpha value is -1.49. The molecule has 0 atom stereocenters. The number of benzene rings is 1. The van der Waals surface area contributed by atoms with Crippen LogP contribution in [0.25, 0.3) is 0 Å². The highest BCUT2D eigenvalue weighted by Crippen LogP contribution is 2.28. The molecule has 0 aromatic heterocycles. The van der Waals surface area contributed by atoms with Gasteiger partial charge >= 0.3 is 0 Å². The minimum atomic E-state index is -0.0941. The molecule has 2 saturated carbocycles. The van der Waals surface area contributed by atoms with E-state index in [1.807, 2.05) is 12.1 Å². The third-order valence-electron chi connectivity index (χ3n) is 4.36. The second kappa shape index (κ2) is 7.86. The molecule has 1 aromatic rings. The van der Waals surface area contributed by atoms with Gasteiger partial charge in [0.25, 0.3) is 5.91 Å². The van der Waals surface area contributed by atoms with E-state index in [2.05, 4.69) is 10.6 Å². The molecular weight excluding hydrogens is 308 g/mol. The molecule has 2 amide bonds. The SMILES string of the molecule is O=C(CSC1CCCCC1)Nc1ccccc1C(=O)NC1CC1. The second-order valence-electron chi connectivity index (χ2n) is 6.41. The van der Waals surface area contributed by atoms with Crippen LogP contribution in [0.1, 0.15) is 55.3 Å². The van der Waals surface area contributed by atoms with Crippen molar-refractivity contribution in [2.45, 2.75) is 56.2 Å². The Bertz CT molecular complexity index is 566. The van der Waals surface area contributed by atoms with Crippen molar-refractivity contribution in [3.63, 3.8) is 0 Å². The summed E-state index contributed by atoms with van der Waals surface area (Å²) in [6.45, 7) is 0. The van der Waals surface area contributed by atoms with Gasteiger partial charge in [0.2, 0.25) is 5.91 Å². The van der Waals surface area contributed by atoms with Crippen LogP contribution >= 0.6 is 11.8 Å². The summed E-state index contributed by atoms with van der Waals surface area (Å²) in [6.07, 6.45) is 8.44. The van der Waals surface area contributed by atoms with Crippen molar-refractivity contribution in [1.29, 1.82) is 0 Å². The molecule has 2 aliphatic rings. The van der Waals surface area contributed by atoms with E-state index in [0.29, 0.717) is 28.3 Å². The molecule has 2 aliphatic carbocycles. The Balaban J connectivity index is 1.53. The number of para-hydroxylation sites is 1. The smallest absolute Gasteiger partial charge is 0.253 e. The lowest BCUT2D eigenvalue weighted by Crippen LogP contribution is -2.27. The largest absolute Gasteiger partial charge is 0.349 e. The maximum atomic E-state index is 12.2. The third-order valence-corrected chi connectivity index (χ3v) is 5.73. The highest BCUT2D eigenvalue weighted by Gasteiger charge is 2.25. The summed E-state index contributed by atoms with van der Waals surface area (Å²) in [5.74, 6) is 0.346. The predicted molar refractivity (Wildman–Crippen MR) is 94.9 cm³/mol. The van der Waals surface area contributed by atoms with Crippen LogP contribution in [0.3, 0.4) is 0 Å². The topological polar surface area (TPSA) is 58.2 Å². The monoisotopic (exact) mass is 332 g/mol. The van der Waals surface area contributed by atoms with E-state index in [1.54, 1.807) is 23.9 Å². The number of carbonyl (C=O) groups is 2. The van der Waals surface area contributed by atoms with Crippen molar-refractivity contribution in [2.24, 2.45) is 0 Å². The van der Waals surface area contributed by atoms with Gasteiger partial charge in [-0.3, -0.25) is 9.59 Å². The van der Waals surface area contributed by atoms with Gasteiger partial charge in [0.15, 0.2) is 0 Å². The van der Waals surface area contributed by atoms with Crippen LogP contribution in [0.5, 0.6) is 0 Å². The summed E-state index contributed by atoms with van der Waals surface area (Å²) >= 11 is 1.75. The molecule has 0 bridgehead atoms. The van der Waals surface area contributed by atoms with Crippen LogP contribution in [-0.2, 0) is 4.79 Å². The Morgan fingerprint density at radius 3 is 2.52 bits per heavy atom. The first-order chi connectivity index (χ1) is 11.2. The zero-order chi connectivity index (χ0) is 16.1. The van der Waals surface area contributed by atoms with Gasteiger partial charge in [0, 0.05) is 11.3 Å². The van der Waals surface area contributed by atoms with Crippen LogP contribution in [0, 0.1) is 0 Å². The summed E-state index contributed by atoms with van der Waals surface area (Å²) in [4.78, 5) is 24.4. The van der Waals surface area contributed by atoms with E-state index in [-0.39, 0.29) is 11.8 Å². The normalized spacial score (nSPS) is 18.4. The molecule has 1 aromatic carbocycles. The van der Waals surface area contributed by atoms with E-state index in [1.165, 1.54) is 32.1 Å². The number of anilines is 1. The first kappa shape index (κ1) is 16.4. The van der Waals surface area contributed by atoms with E-state index in [9.17, 15) is 9.59 Å². The van der Waals surface area contributed by atoms with Gasteiger partial charge in [0.05, 0.1) is 17.0 Å². The van der Waals surface area contributed by atoms with Gasteiger partial charge in [-0.1, -0.05) is 31.4 Å². The summed E-state index contributed by atoms with van der Waals surface area (Å²) in [5.41, 5.74) is 1.16. The van der Waals surface area contributed by atoms with E-state index >= 15 is 0 Å². The fourth-order valence-corrected chi connectivity index (χ4v) is 4.02. The van der Waals surface area contributed by atoms with Crippen LogP contribution in [0.15, 0.2) is 24.3 Å². The van der Waals surface area contributed by atoms with Crippen LogP contribution in [0.4, 0.5) is 5.69 Å². The molecule has 0 saturated heterocycles. The molecular formula is C18H24N2O2S. The number of amides is 2. The van der Waals surface area contributed by atoms with Crippen molar-refractivity contribution in [1.82, 2.24) is 5.32 Å². The standard InChI is InChI=1S/C18H24N2O2S/c21-17(12-23-14-6-2-1-3-7-14)20-16-9-5-4-8-15(16)18(22)19-13-10-11-13/h4-5,8-9,13-14H,1-3,6-7,10-12H2,(H,19,22)(H,20,21). The van der Waals surface area contributed by atoms with Gasteiger partial charge in [0.1, 0.15) is 0 Å². The van der Waals surface area contributed by atoms with Gasteiger partial charge in [-0.25, -0.2) is 0 Å². The number of carbonyl (C=O) groups excluding carboxylic acids is 2. The van der Waals surface area contributed by atoms with Gasteiger partial charge in [-0.2, -0.15) is 0 Å². The Morgan fingerprint density at radius 2 is 1.78 bits per heavy atom. The lowest BCUT2D eigenvalue weighted by atomic mass is 10.0. The van der Waals surface area contributed by atoms with E-state index < -0.39 is 0 Å². The van der Waals surface area contributed by atoms with E-state index in [4.69, 9.17) is 0 Å². The summed E-state index contributed by atoms with van der Waals surface area (Å²) in [5, 5.41) is 6.49. The molecule has 0 aliphatic heterocycles. The Kier molecular flexibility index (Phi) is 5.60. The third kappa shape index (κ3) is 4.99. The van der Waals surface area contributed by atoms with Crippen molar-refractivity contribution in [3.8, 4) is 0 Å². The van der Waals surface area contributed by atoms with Crippen molar-refractivity contribution in [3.05, 3.63) is 29.8 Å². The average molecular weight is 332 g/mol. The molecule has 23 heavy (non-hydrogen) atoms. The van der Waals surface area contributed by atoms with Gasteiger partial charge in [-0.15, -0.1) is 11.8 Å². The van der Waals surface area contributed by atoms with Gasteiger partial charge < -0.3 is 10.6 Å². The molecule has 0 heterocycles. The summed E-state index contributed by atoms with van der Waals surface area (Å²) in [6, 6.07) is 7.55. The molecule has 0 unspecified atom stereocenters. The quantitative estimate of drug-likeness (QED) is 0.837. The number of rotatable bonds is 6. The Morgan fingerprint density at radius 1 is 1.04 bits per heavy atom. The number of hydrogen-bond donors (Lipinski definition) is 2. The van der Waals surface area contributed by atoms with E-state index in [0.717, 1.165) is 12.8 Å². The first-order valence-corrected chi connectivity index (χ1v) is 9.58. The highest BCUT2D eigenvalue weighted by molar-refractivity contribution is 8.00. The lowest BCUT2D eigenvalue weighted by molar-refractivity contribution is -0.113. The van der Waals surface area contributed by atoms with Crippen molar-refractivity contribution < 1.29 is 9.59 Å². The molecule has 0 spiro atoms. The lowest BCUT2D eigenvalue weighted by Gasteiger charge is -2.20. The number of thioether (sulfide) groups is 1. The van der Waals surface area contributed by atoms with Crippen molar-refractivity contribution >= 4 is 29.3 Å². The maximum absolute atomic E-state index is 12.2. The average Bonchev–Trinajstić information content (AvgIpc) is 3.38. The van der Waals surface area contributed by atoms with Crippen LogP contribution < -0.4 is 10.6 Å². The molecule has 3 rings (SSSR count). The molecule has 4 nitrogen and oxygen atoms in total. The number of hydrogen-bond acceptors (Lipinski definition) is 3. The van der Waals surface area contributed by atoms with Crippen molar-refractivity contribution in [2.75, 3.05) is 11.1 Å². The van der Waals surface area contributed by atoms with Crippen LogP contribution in [-0.4, -0.2) is 28.9 Å². The first-order valence-electron chi connectivity index (χ1n) is 8.54. The number of nitrogens with one attached hydrogen (secondary N) is 2. The molecule has 124 valence electrons. The zero-order valence-electron chi connectivity index (χ0n) is 13.3. The van der Waals surface area contributed by atoms with Crippen LogP contribution in [0.2, 0.25) is 0 Å². The molecule has 2 N–H and O–H groups in total. The predicted octanol–water partition coefficient (Wildman–Crippen LogP) is 3.58. The minimum Gasteiger partial charge on any atom is -0.349 e. The zero-order valence-corrected chi connectivity index (χ0v) is 14.2. The second-order valence-corrected chi connectivity index (χ2v) is 7.70. The fraction of sp³-hybridized carbons (Fsp3) is 0.556.